The molecule has 88 valence electrons. The molecule has 1 heterocycles. The third-order valence-electron chi connectivity index (χ3n) is 2.77. The van der Waals surface area contributed by atoms with E-state index in [0.717, 1.165) is 11.1 Å². The van der Waals surface area contributed by atoms with E-state index in [9.17, 15) is 4.79 Å². The van der Waals surface area contributed by atoms with E-state index in [1.54, 1.807) is 0 Å². The van der Waals surface area contributed by atoms with Gasteiger partial charge in [-0.05, 0) is 23.3 Å². The van der Waals surface area contributed by atoms with E-state index in [1.165, 1.54) is 10.9 Å². The van der Waals surface area contributed by atoms with Gasteiger partial charge in [-0.3, -0.25) is 0 Å². The fraction of sp³-hybridized carbons (Fsp3) is 0. The van der Waals surface area contributed by atoms with Gasteiger partial charge in [-0.15, -0.1) is 0 Å². The molecule has 0 aliphatic heterocycles. The van der Waals surface area contributed by atoms with Crippen molar-refractivity contribution in [1.29, 1.82) is 0 Å². The summed E-state index contributed by atoms with van der Waals surface area (Å²) in [6.45, 7) is 0. The summed E-state index contributed by atoms with van der Waals surface area (Å²) < 4.78 is 8.57. The summed E-state index contributed by atoms with van der Waals surface area (Å²) in [5.41, 5.74) is 2.42. The van der Waals surface area contributed by atoms with Crippen molar-refractivity contribution in [2.24, 2.45) is 0 Å². The quantitative estimate of drug-likeness (QED) is 0.744. The van der Waals surface area contributed by atoms with Gasteiger partial charge in [-0.1, -0.05) is 42.5 Å². The Hall–Kier alpha value is -2.62. The maximum atomic E-state index is 11.6. The SMILES string of the molecule is [2H]n1ncn(-c2ccc(-c3ccccc3)cc2)c1=O. The first-order chi connectivity index (χ1) is 9.25. The highest BCUT2D eigenvalue weighted by Gasteiger charge is 2.01. The molecule has 18 heavy (non-hydrogen) atoms. The standard InChI is InChI=1S/C14H11N3O/c18-14-16-15-10-17(14)13-8-6-12(7-9-13)11-4-2-1-3-5-11/h1-10H,(H,16,18)/i/hD. The van der Waals surface area contributed by atoms with Crippen molar-refractivity contribution in [2.75, 3.05) is 0 Å². The molecule has 0 amide bonds. The monoisotopic (exact) mass is 238 g/mol. The molecule has 4 heteroatoms. The van der Waals surface area contributed by atoms with Crippen LogP contribution in [0.5, 0.6) is 0 Å². The van der Waals surface area contributed by atoms with Gasteiger partial charge in [0.25, 0.3) is 0 Å². The molecule has 0 unspecified atom stereocenters. The third kappa shape index (κ3) is 1.84. The Morgan fingerprint density at radius 1 is 1.00 bits per heavy atom. The van der Waals surface area contributed by atoms with E-state index in [0.29, 0.717) is 10.8 Å². The van der Waals surface area contributed by atoms with Crippen LogP contribution in [0.3, 0.4) is 0 Å². The number of nitrogens with zero attached hydrogens (tertiary/aromatic N) is 2. The fourth-order valence-electron chi connectivity index (χ4n) is 1.85. The van der Waals surface area contributed by atoms with Crippen LogP contribution in [0.15, 0.2) is 65.7 Å². The average Bonchev–Trinajstić information content (AvgIpc) is 2.80. The van der Waals surface area contributed by atoms with Crippen LogP contribution in [-0.4, -0.2) is 14.8 Å². The van der Waals surface area contributed by atoms with Crippen molar-refractivity contribution in [3.8, 4) is 16.8 Å². The van der Waals surface area contributed by atoms with E-state index >= 15 is 0 Å². The highest BCUT2D eigenvalue weighted by atomic mass is 16.1. The molecule has 0 radical (unpaired) electrons. The maximum absolute atomic E-state index is 11.6. The Kier molecular flexibility index (Phi) is 2.27. The van der Waals surface area contributed by atoms with Crippen molar-refractivity contribution in [2.45, 2.75) is 0 Å². The van der Waals surface area contributed by atoms with Gasteiger partial charge in [-0.25, -0.2) is 14.5 Å². The van der Waals surface area contributed by atoms with Gasteiger partial charge in [0, 0.05) is 0 Å². The van der Waals surface area contributed by atoms with Crippen LogP contribution >= 0.6 is 0 Å². The van der Waals surface area contributed by atoms with Gasteiger partial charge in [0.15, 0.2) is 1.41 Å². The van der Waals surface area contributed by atoms with E-state index in [4.69, 9.17) is 1.41 Å². The summed E-state index contributed by atoms with van der Waals surface area (Å²) in [5, 5.41) is 4.17. The van der Waals surface area contributed by atoms with Crippen LogP contribution in [0.1, 0.15) is 0 Å². The predicted octanol–water partition coefficient (Wildman–Crippen LogP) is 2.23. The van der Waals surface area contributed by atoms with Crippen LogP contribution < -0.4 is 5.69 Å². The van der Waals surface area contributed by atoms with Gasteiger partial charge >= 0.3 is 5.69 Å². The molecule has 0 aliphatic rings. The zero-order chi connectivity index (χ0) is 13.2. The Balaban J connectivity index is 2.00. The lowest BCUT2D eigenvalue weighted by atomic mass is 10.1. The third-order valence-corrected chi connectivity index (χ3v) is 2.77. The van der Waals surface area contributed by atoms with Crippen molar-refractivity contribution < 1.29 is 1.41 Å². The highest BCUT2D eigenvalue weighted by Crippen LogP contribution is 2.19. The van der Waals surface area contributed by atoms with Crippen molar-refractivity contribution in [1.82, 2.24) is 14.8 Å². The largest absolute Gasteiger partial charge is 0.347 e. The highest BCUT2D eigenvalue weighted by molar-refractivity contribution is 5.64. The molecule has 1 aromatic heterocycles. The summed E-state index contributed by atoms with van der Waals surface area (Å²) in [4.78, 5) is 11.6. The molecule has 0 spiro atoms. The van der Waals surface area contributed by atoms with Gasteiger partial charge < -0.3 is 0 Å². The molecular weight excluding hydrogens is 226 g/mol. The Morgan fingerprint density at radius 2 is 1.67 bits per heavy atom. The molecule has 3 rings (SSSR count). The van der Waals surface area contributed by atoms with Gasteiger partial charge in [0.1, 0.15) is 6.33 Å². The number of aromatic amines is 1. The number of aromatic nitrogens is 3. The molecule has 0 bridgehead atoms. The number of H-pyrrole nitrogens is 1. The topological polar surface area (TPSA) is 50.7 Å². The first-order valence-corrected chi connectivity index (χ1v) is 5.57. The van der Waals surface area contributed by atoms with Crippen LogP contribution in [0.25, 0.3) is 16.8 Å². The van der Waals surface area contributed by atoms with Crippen LogP contribution in [0, 0.1) is 0 Å². The molecule has 2 aromatic carbocycles. The Labute approximate surface area is 105 Å². The second-order valence-corrected chi connectivity index (χ2v) is 3.90. The zero-order valence-electron chi connectivity index (χ0n) is 10.5. The second-order valence-electron chi connectivity index (χ2n) is 3.90. The lowest BCUT2D eigenvalue weighted by molar-refractivity contribution is 0.983. The van der Waals surface area contributed by atoms with Crippen molar-refractivity contribution in [3.63, 3.8) is 0 Å². The maximum Gasteiger partial charge on any atom is 0.347 e. The molecule has 0 saturated carbocycles. The van der Waals surface area contributed by atoms with E-state index in [2.05, 4.69) is 5.10 Å². The van der Waals surface area contributed by atoms with Crippen LogP contribution in [0.2, 0.25) is 1.41 Å². The lowest BCUT2D eigenvalue weighted by Crippen LogP contribution is -2.13. The number of benzene rings is 2. The lowest BCUT2D eigenvalue weighted by Gasteiger charge is -2.03. The van der Waals surface area contributed by atoms with E-state index < -0.39 is 5.69 Å². The van der Waals surface area contributed by atoms with E-state index in [-0.39, 0.29) is 0 Å². The number of hydrogen-bond acceptors (Lipinski definition) is 2. The minimum atomic E-state index is -0.479. The van der Waals surface area contributed by atoms with Crippen molar-refractivity contribution >= 4 is 0 Å². The number of nitrogens with one attached hydrogen (secondary N) is 1. The van der Waals surface area contributed by atoms with Crippen molar-refractivity contribution in [3.05, 3.63) is 71.4 Å². The normalized spacial score (nSPS) is 11.2. The van der Waals surface area contributed by atoms with Gasteiger partial charge in [0.05, 0.1) is 5.69 Å². The minimum Gasteiger partial charge on any atom is -0.250 e. The molecule has 4 nitrogen and oxygen atoms in total. The average molecular weight is 238 g/mol. The molecule has 3 aromatic rings. The fourth-order valence-corrected chi connectivity index (χ4v) is 1.85. The number of hydrogen-bond donors (Lipinski definition) is 1. The smallest absolute Gasteiger partial charge is 0.250 e. The summed E-state index contributed by atoms with van der Waals surface area (Å²) in [6, 6.07) is 17.6. The summed E-state index contributed by atoms with van der Waals surface area (Å²) in [7, 11) is 0. The molecular formula is C14H11N3O. The molecule has 1 N–H and O–H groups in total. The first kappa shape index (κ1) is 9.41. The van der Waals surface area contributed by atoms with Gasteiger partial charge in [0.2, 0.25) is 0 Å². The predicted molar refractivity (Wildman–Crippen MR) is 69.6 cm³/mol. The zero-order valence-corrected chi connectivity index (χ0v) is 9.52. The molecule has 0 fully saturated rings. The second kappa shape index (κ2) is 4.33. The number of rotatable bonds is 2. The van der Waals surface area contributed by atoms with Crippen LogP contribution in [-0.2, 0) is 0 Å². The Morgan fingerprint density at radius 3 is 2.28 bits per heavy atom. The Bertz CT molecular complexity index is 744. The summed E-state index contributed by atoms with van der Waals surface area (Å²) >= 11 is 0. The summed E-state index contributed by atoms with van der Waals surface area (Å²) in [5.74, 6) is 0. The molecule has 0 aliphatic carbocycles. The summed E-state index contributed by atoms with van der Waals surface area (Å²) in [6.07, 6.45) is 1.34. The molecule has 0 saturated heterocycles. The van der Waals surface area contributed by atoms with Crippen LogP contribution in [0.4, 0.5) is 0 Å². The first-order valence-electron chi connectivity index (χ1n) is 6.02. The van der Waals surface area contributed by atoms with E-state index in [1.807, 2.05) is 54.6 Å². The minimum absolute atomic E-state index is 0.479. The van der Waals surface area contributed by atoms with Gasteiger partial charge in [-0.2, -0.15) is 5.10 Å². The molecule has 0 atom stereocenters.